The molecule has 2 aromatic carbocycles. The number of rotatable bonds is 6. The Morgan fingerprint density at radius 2 is 2.08 bits per heavy atom. The lowest BCUT2D eigenvalue weighted by Gasteiger charge is -2.15. The molecule has 0 amide bonds. The zero-order chi connectivity index (χ0) is 16.9. The van der Waals surface area contributed by atoms with E-state index in [9.17, 15) is 4.39 Å². The maximum atomic E-state index is 13.9. The highest BCUT2D eigenvalue weighted by Crippen LogP contribution is 2.26. The Kier molecular flexibility index (Phi) is 6.85. The summed E-state index contributed by atoms with van der Waals surface area (Å²) >= 11 is 0. The third kappa shape index (κ3) is 4.97. The van der Waals surface area contributed by atoms with Crippen molar-refractivity contribution in [3.63, 3.8) is 0 Å². The second-order valence-electron chi connectivity index (χ2n) is 6.03. The Morgan fingerprint density at radius 1 is 1.24 bits per heavy atom. The topological polar surface area (TPSA) is 21.7 Å². The maximum absolute atomic E-state index is 13.9. The molecule has 0 spiro atoms. The van der Waals surface area contributed by atoms with Crippen LogP contribution in [0.4, 0.5) is 4.39 Å². The molecule has 2 aromatic rings. The first kappa shape index (κ1) is 19.3. The molecule has 0 aromatic heterocycles. The molecule has 1 aliphatic rings. The van der Waals surface area contributed by atoms with E-state index in [1.54, 1.807) is 12.1 Å². The molecule has 0 atom stereocenters. The van der Waals surface area contributed by atoms with E-state index in [0.29, 0.717) is 11.3 Å². The molecule has 0 radical (unpaired) electrons. The van der Waals surface area contributed by atoms with Gasteiger partial charge in [-0.15, -0.1) is 12.4 Å². The molecule has 0 aliphatic carbocycles. The summed E-state index contributed by atoms with van der Waals surface area (Å²) < 4.78 is 24.4. The first-order chi connectivity index (χ1) is 11.7. The Labute approximate surface area is 154 Å². The molecule has 134 valence electrons. The van der Waals surface area contributed by atoms with E-state index in [1.807, 2.05) is 18.2 Å². The average Bonchev–Trinajstić information content (AvgIpc) is 3.04. The van der Waals surface area contributed by atoms with Crippen LogP contribution in [0.15, 0.2) is 42.5 Å². The molecule has 0 saturated heterocycles. The number of methoxy groups -OCH3 is 1. The van der Waals surface area contributed by atoms with Crippen molar-refractivity contribution >= 4 is 18.5 Å². The Bertz CT molecular complexity index is 748. The molecular weight excluding hydrogens is 341 g/mol. The van der Waals surface area contributed by atoms with Gasteiger partial charge in [0.15, 0.2) is 0 Å². The van der Waals surface area contributed by atoms with E-state index in [1.165, 1.54) is 24.3 Å². The van der Waals surface area contributed by atoms with Gasteiger partial charge in [0.05, 0.1) is 13.7 Å². The van der Waals surface area contributed by atoms with Crippen molar-refractivity contribution in [2.24, 2.45) is 0 Å². The van der Waals surface area contributed by atoms with E-state index in [-0.39, 0.29) is 18.2 Å². The number of benzene rings is 2. The van der Waals surface area contributed by atoms with Crippen LogP contribution < -0.4 is 9.47 Å². The summed E-state index contributed by atoms with van der Waals surface area (Å²) in [5.41, 5.74) is 3.13. The van der Waals surface area contributed by atoms with Crippen molar-refractivity contribution < 1.29 is 13.9 Å². The molecule has 25 heavy (non-hydrogen) atoms. The number of hydrogen-bond donors (Lipinski definition) is 0. The Morgan fingerprint density at radius 3 is 2.84 bits per heavy atom. The van der Waals surface area contributed by atoms with Gasteiger partial charge in [-0.2, -0.15) is 0 Å². The minimum absolute atomic E-state index is 0. The summed E-state index contributed by atoms with van der Waals surface area (Å²) in [5, 5.41) is 0. The van der Waals surface area contributed by atoms with Gasteiger partial charge in [-0.3, -0.25) is 4.90 Å². The van der Waals surface area contributed by atoms with Crippen molar-refractivity contribution in [1.82, 2.24) is 4.90 Å². The smallest absolute Gasteiger partial charge is 0.134 e. The van der Waals surface area contributed by atoms with Crippen LogP contribution in [0.5, 0.6) is 11.5 Å². The molecule has 0 N–H and O–H groups in total. The van der Waals surface area contributed by atoms with Crippen LogP contribution >= 0.6 is 12.4 Å². The van der Waals surface area contributed by atoms with E-state index in [0.717, 1.165) is 31.9 Å². The van der Waals surface area contributed by atoms with Gasteiger partial charge < -0.3 is 9.47 Å². The molecule has 3 rings (SSSR count). The molecule has 0 fully saturated rings. The van der Waals surface area contributed by atoms with Gasteiger partial charge in [0.25, 0.3) is 0 Å². The van der Waals surface area contributed by atoms with Gasteiger partial charge >= 0.3 is 0 Å². The summed E-state index contributed by atoms with van der Waals surface area (Å²) in [6.45, 7) is 2.38. The molecular formula is C20H23ClFNO2. The van der Waals surface area contributed by atoms with Crippen molar-refractivity contribution in [3.8, 4) is 11.5 Å². The van der Waals surface area contributed by atoms with E-state index in [2.05, 4.69) is 24.1 Å². The fourth-order valence-corrected chi connectivity index (χ4v) is 2.84. The van der Waals surface area contributed by atoms with E-state index >= 15 is 0 Å². The van der Waals surface area contributed by atoms with Crippen molar-refractivity contribution in [2.75, 3.05) is 27.3 Å². The van der Waals surface area contributed by atoms with Gasteiger partial charge in [0, 0.05) is 31.1 Å². The first-order valence-corrected chi connectivity index (χ1v) is 8.09. The second-order valence-corrected chi connectivity index (χ2v) is 6.03. The molecule has 1 aliphatic heterocycles. The number of likely N-dealkylation sites (N-methyl/N-ethyl adjacent to an activating group) is 1. The number of nitrogens with zero attached hydrogens (tertiary/aromatic N) is 1. The average molecular weight is 364 g/mol. The summed E-state index contributed by atoms with van der Waals surface area (Å²) in [6, 6.07) is 11.3. The van der Waals surface area contributed by atoms with Crippen molar-refractivity contribution in [2.45, 2.75) is 13.0 Å². The van der Waals surface area contributed by atoms with Crippen LogP contribution in [-0.4, -0.2) is 32.2 Å². The SMILES string of the molecule is COc1ccc(/C=C/CN(C)Cc2ccc3c(c2)CCO3)c(F)c1.Cl. The van der Waals surface area contributed by atoms with Crippen molar-refractivity contribution in [1.29, 1.82) is 0 Å². The first-order valence-electron chi connectivity index (χ1n) is 8.09. The minimum Gasteiger partial charge on any atom is -0.497 e. The van der Waals surface area contributed by atoms with Gasteiger partial charge in [-0.05, 0) is 36.4 Å². The normalized spacial score (nSPS) is 12.8. The number of halogens is 2. The third-order valence-corrected chi connectivity index (χ3v) is 4.13. The fourth-order valence-electron chi connectivity index (χ4n) is 2.84. The second kappa shape index (κ2) is 8.88. The lowest BCUT2D eigenvalue weighted by atomic mass is 10.1. The van der Waals surface area contributed by atoms with Crippen LogP contribution in [0.2, 0.25) is 0 Å². The van der Waals surface area contributed by atoms with Crippen molar-refractivity contribution in [3.05, 3.63) is 65.0 Å². The highest BCUT2D eigenvalue weighted by molar-refractivity contribution is 5.85. The molecule has 0 bridgehead atoms. The Balaban J connectivity index is 0.00000225. The van der Waals surface area contributed by atoms with Gasteiger partial charge in [0.1, 0.15) is 17.3 Å². The van der Waals surface area contributed by atoms with E-state index < -0.39 is 0 Å². The highest BCUT2D eigenvalue weighted by Gasteiger charge is 2.12. The van der Waals surface area contributed by atoms with E-state index in [4.69, 9.17) is 9.47 Å². The Hall–Kier alpha value is -2.04. The maximum Gasteiger partial charge on any atom is 0.134 e. The molecule has 1 heterocycles. The summed E-state index contributed by atoms with van der Waals surface area (Å²) in [5.74, 6) is 1.27. The van der Waals surface area contributed by atoms with Gasteiger partial charge in [-0.25, -0.2) is 4.39 Å². The lowest BCUT2D eigenvalue weighted by molar-refractivity contribution is 0.356. The highest BCUT2D eigenvalue weighted by atomic mass is 35.5. The number of fused-ring (bicyclic) bond motifs is 1. The molecule has 0 saturated carbocycles. The monoisotopic (exact) mass is 363 g/mol. The predicted octanol–water partition coefficient (Wildman–Crippen LogP) is 4.34. The minimum atomic E-state index is -0.271. The number of ether oxygens (including phenoxy) is 2. The lowest BCUT2D eigenvalue weighted by Crippen LogP contribution is -2.17. The van der Waals surface area contributed by atoms with Crippen LogP contribution in [-0.2, 0) is 13.0 Å². The third-order valence-electron chi connectivity index (χ3n) is 4.13. The number of hydrogen-bond acceptors (Lipinski definition) is 3. The zero-order valence-corrected chi connectivity index (χ0v) is 15.3. The molecule has 5 heteroatoms. The van der Waals surface area contributed by atoms with Crippen LogP contribution in [0.3, 0.4) is 0 Å². The largest absolute Gasteiger partial charge is 0.497 e. The fraction of sp³-hybridized carbons (Fsp3) is 0.300. The standard InChI is InChI=1S/C20H22FNO2.ClH/c1-22(14-15-5-8-20-17(12-15)9-11-24-20)10-3-4-16-6-7-18(23-2)13-19(16)21;/h3-8,12-13H,9-11,14H2,1-2H3;1H/b4-3+;. The van der Waals surface area contributed by atoms with Crippen LogP contribution in [0.25, 0.3) is 6.08 Å². The molecule has 0 unspecified atom stereocenters. The predicted molar refractivity (Wildman–Crippen MR) is 101 cm³/mol. The van der Waals surface area contributed by atoms with Crippen LogP contribution in [0, 0.1) is 5.82 Å². The van der Waals surface area contributed by atoms with Crippen LogP contribution in [0.1, 0.15) is 16.7 Å². The summed E-state index contributed by atoms with van der Waals surface area (Å²) in [6.07, 6.45) is 4.77. The summed E-state index contributed by atoms with van der Waals surface area (Å²) in [4.78, 5) is 2.19. The molecule has 3 nitrogen and oxygen atoms in total. The quantitative estimate of drug-likeness (QED) is 0.762. The zero-order valence-electron chi connectivity index (χ0n) is 14.5. The summed E-state index contributed by atoms with van der Waals surface area (Å²) in [7, 11) is 3.59. The van der Waals surface area contributed by atoms with Gasteiger partial charge in [-0.1, -0.05) is 24.3 Å². The van der Waals surface area contributed by atoms with Gasteiger partial charge in [0.2, 0.25) is 0 Å².